The van der Waals surface area contributed by atoms with Crippen LogP contribution in [-0.4, -0.2) is 19.1 Å². The predicted molar refractivity (Wildman–Crippen MR) is 93.8 cm³/mol. The van der Waals surface area contributed by atoms with E-state index in [-0.39, 0.29) is 11.3 Å². The maximum Gasteiger partial charge on any atom is 0.270 e. The molecule has 0 aliphatic rings. The number of nitrogens with zero attached hydrogens (tertiary/aromatic N) is 2. The van der Waals surface area contributed by atoms with Gasteiger partial charge in [-0.25, -0.2) is 0 Å². The van der Waals surface area contributed by atoms with Crippen molar-refractivity contribution in [2.45, 2.75) is 0 Å². The molecule has 24 heavy (non-hydrogen) atoms. The summed E-state index contributed by atoms with van der Waals surface area (Å²) in [4.78, 5) is 10.4. The fourth-order valence-electron chi connectivity index (χ4n) is 2.19. The van der Waals surface area contributed by atoms with E-state index in [9.17, 15) is 15.4 Å². The van der Waals surface area contributed by atoms with Crippen molar-refractivity contribution in [2.24, 2.45) is 0 Å². The van der Waals surface area contributed by atoms with E-state index in [1.807, 2.05) is 0 Å². The van der Waals surface area contributed by atoms with Crippen molar-refractivity contribution in [1.82, 2.24) is 0 Å². The van der Waals surface area contributed by atoms with E-state index in [1.165, 1.54) is 32.4 Å². The summed E-state index contributed by atoms with van der Waals surface area (Å²) >= 11 is 3.38. The van der Waals surface area contributed by atoms with Crippen molar-refractivity contribution in [1.29, 1.82) is 5.26 Å². The number of rotatable bonds is 5. The quantitative estimate of drug-likeness (QED) is 0.327. The van der Waals surface area contributed by atoms with E-state index in [4.69, 9.17) is 9.47 Å². The molecule has 2 rings (SSSR count). The van der Waals surface area contributed by atoms with Crippen LogP contribution in [0.1, 0.15) is 11.1 Å². The smallest absolute Gasteiger partial charge is 0.270 e. The maximum atomic E-state index is 10.9. The summed E-state index contributed by atoms with van der Waals surface area (Å²) in [7, 11) is 3.02. The lowest BCUT2D eigenvalue weighted by molar-refractivity contribution is -0.384. The molecule has 0 bridgehead atoms. The van der Waals surface area contributed by atoms with Gasteiger partial charge in [-0.1, -0.05) is 28.1 Å². The molecule has 122 valence electrons. The summed E-state index contributed by atoms with van der Waals surface area (Å²) in [6.45, 7) is 0. The number of hydrogen-bond donors (Lipinski definition) is 0. The zero-order valence-corrected chi connectivity index (χ0v) is 14.5. The summed E-state index contributed by atoms with van der Waals surface area (Å²) in [5, 5.41) is 20.4. The lowest BCUT2D eigenvalue weighted by Crippen LogP contribution is -1.94. The Labute approximate surface area is 147 Å². The van der Waals surface area contributed by atoms with Crippen molar-refractivity contribution >= 4 is 33.3 Å². The van der Waals surface area contributed by atoms with Crippen LogP contribution in [0.5, 0.6) is 11.5 Å². The Morgan fingerprint density at radius 1 is 1.29 bits per heavy atom. The van der Waals surface area contributed by atoms with E-state index >= 15 is 0 Å². The zero-order valence-electron chi connectivity index (χ0n) is 12.9. The average molecular weight is 389 g/mol. The van der Waals surface area contributed by atoms with Crippen molar-refractivity contribution < 1.29 is 14.4 Å². The van der Waals surface area contributed by atoms with Crippen LogP contribution in [0.3, 0.4) is 0 Å². The molecule has 0 N–H and O–H groups in total. The van der Waals surface area contributed by atoms with E-state index in [0.717, 1.165) is 4.47 Å². The lowest BCUT2D eigenvalue weighted by atomic mass is 10.0. The molecule has 0 unspecified atom stereocenters. The largest absolute Gasteiger partial charge is 0.493 e. The molecule has 0 saturated carbocycles. The average Bonchev–Trinajstić information content (AvgIpc) is 2.59. The van der Waals surface area contributed by atoms with Gasteiger partial charge in [-0.05, 0) is 23.8 Å². The molecule has 2 aromatic carbocycles. The third kappa shape index (κ3) is 3.73. The number of nitro groups is 1. The molecule has 0 aliphatic heterocycles. The highest BCUT2D eigenvalue weighted by molar-refractivity contribution is 9.10. The van der Waals surface area contributed by atoms with Crippen LogP contribution in [-0.2, 0) is 0 Å². The molecule has 0 heterocycles. The lowest BCUT2D eigenvalue weighted by Gasteiger charge is -2.11. The third-order valence-corrected chi connectivity index (χ3v) is 3.72. The molecule has 6 nitrogen and oxygen atoms in total. The summed E-state index contributed by atoms with van der Waals surface area (Å²) in [5.41, 5.74) is 1.27. The number of nitro benzene ring substituents is 1. The first-order chi connectivity index (χ1) is 11.5. The summed E-state index contributed by atoms with van der Waals surface area (Å²) < 4.78 is 11.4. The molecule has 0 radical (unpaired) electrons. The predicted octanol–water partition coefficient (Wildman–Crippen LogP) is 4.44. The van der Waals surface area contributed by atoms with Crippen LogP contribution in [0, 0.1) is 21.4 Å². The molecule has 0 atom stereocenters. The number of non-ortho nitro benzene ring substituents is 1. The fourth-order valence-corrected chi connectivity index (χ4v) is 2.64. The van der Waals surface area contributed by atoms with Crippen molar-refractivity contribution in [3.63, 3.8) is 0 Å². The van der Waals surface area contributed by atoms with Crippen molar-refractivity contribution in [3.05, 3.63) is 62.1 Å². The van der Waals surface area contributed by atoms with Gasteiger partial charge in [-0.2, -0.15) is 5.26 Å². The minimum Gasteiger partial charge on any atom is -0.493 e. The SMILES string of the molecule is COc1cc(Br)cc(/C=C(/C#N)c2cccc([N+](=O)[O-])c2)c1OC. The van der Waals surface area contributed by atoms with Crippen molar-refractivity contribution in [2.75, 3.05) is 14.2 Å². The van der Waals surface area contributed by atoms with E-state index < -0.39 is 4.92 Å². The Balaban J connectivity index is 2.60. The Bertz CT molecular complexity index is 856. The number of hydrogen-bond acceptors (Lipinski definition) is 5. The second kappa shape index (κ2) is 7.62. The van der Waals surface area contributed by atoms with Gasteiger partial charge in [0.1, 0.15) is 0 Å². The zero-order chi connectivity index (χ0) is 17.7. The standard InChI is InChI=1S/C17H13BrN2O4/c1-23-16-9-14(18)7-12(17(16)24-2)6-13(10-19)11-4-3-5-15(8-11)20(21)22/h3-9H,1-2H3/b13-6-. The molecule has 0 fully saturated rings. The van der Waals surface area contributed by atoms with Gasteiger partial charge >= 0.3 is 0 Å². The van der Waals surface area contributed by atoms with Gasteiger partial charge in [0.05, 0.1) is 30.8 Å². The number of nitriles is 1. The number of benzene rings is 2. The first kappa shape index (κ1) is 17.5. The molecule has 0 amide bonds. The first-order valence-corrected chi connectivity index (χ1v) is 7.57. The molecule has 0 aliphatic carbocycles. The van der Waals surface area contributed by atoms with Gasteiger partial charge in [-0.15, -0.1) is 0 Å². The van der Waals surface area contributed by atoms with Gasteiger partial charge in [0, 0.05) is 22.2 Å². The number of halogens is 1. The second-order valence-electron chi connectivity index (χ2n) is 4.71. The normalized spacial score (nSPS) is 10.8. The van der Waals surface area contributed by atoms with Crippen LogP contribution in [0.4, 0.5) is 5.69 Å². The summed E-state index contributed by atoms with van der Waals surface area (Å²) in [5.74, 6) is 0.980. The van der Waals surface area contributed by atoms with Crippen LogP contribution in [0.2, 0.25) is 0 Å². The number of allylic oxidation sites excluding steroid dienone is 1. The molecule has 0 spiro atoms. The van der Waals surface area contributed by atoms with E-state index in [1.54, 1.807) is 24.3 Å². The van der Waals surface area contributed by atoms with Crippen molar-refractivity contribution in [3.8, 4) is 17.6 Å². The highest BCUT2D eigenvalue weighted by Gasteiger charge is 2.13. The summed E-state index contributed by atoms with van der Waals surface area (Å²) in [6, 6.07) is 11.5. The minimum absolute atomic E-state index is 0.0764. The van der Waals surface area contributed by atoms with Crippen LogP contribution < -0.4 is 9.47 Å². The Hall–Kier alpha value is -2.85. The Morgan fingerprint density at radius 3 is 2.62 bits per heavy atom. The van der Waals surface area contributed by atoms with Gasteiger partial charge < -0.3 is 9.47 Å². The molecular formula is C17H13BrN2O4. The first-order valence-electron chi connectivity index (χ1n) is 6.78. The topological polar surface area (TPSA) is 85.4 Å². The molecular weight excluding hydrogens is 376 g/mol. The maximum absolute atomic E-state index is 10.9. The van der Waals surface area contributed by atoms with Gasteiger partial charge in [-0.3, -0.25) is 10.1 Å². The molecule has 0 saturated heterocycles. The molecule has 7 heteroatoms. The van der Waals surface area contributed by atoms with E-state index in [0.29, 0.717) is 22.6 Å². The monoisotopic (exact) mass is 388 g/mol. The summed E-state index contributed by atoms with van der Waals surface area (Å²) in [6.07, 6.45) is 1.60. The van der Waals surface area contributed by atoms with Crippen LogP contribution in [0.15, 0.2) is 40.9 Å². The Morgan fingerprint density at radius 2 is 2.04 bits per heavy atom. The van der Waals surface area contributed by atoms with Gasteiger partial charge in [0.2, 0.25) is 0 Å². The minimum atomic E-state index is -0.499. The Kier molecular flexibility index (Phi) is 5.55. The molecule has 2 aromatic rings. The highest BCUT2D eigenvalue weighted by Crippen LogP contribution is 2.36. The third-order valence-electron chi connectivity index (χ3n) is 3.26. The van der Waals surface area contributed by atoms with Gasteiger partial charge in [0.15, 0.2) is 11.5 Å². The number of methoxy groups -OCH3 is 2. The highest BCUT2D eigenvalue weighted by atomic mass is 79.9. The second-order valence-corrected chi connectivity index (χ2v) is 5.62. The van der Waals surface area contributed by atoms with Crippen LogP contribution in [0.25, 0.3) is 11.6 Å². The number of ether oxygens (including phenoxy) is 2. The fraction of sp³-hybridized carbons (Fsp3) is 0.118. The van der Waals surface area contributed by atoms with Gasteiger partial charge in [0.25, 0.3) is 5.69 Å². The molecule has 0 aromatic heterocycles. The van der Waals surface area contributed by atoms with E-state index in [2.05, 4.69) is 22.0 Å². The van der Waals surface area contributed by atoms with Crippen LogP contribution >= 0.6 is 15.9 Å².